The maximum absolute atomic E-state index is 11.2. The molecule has 0 fully saturated rings. The molecule has 0 bridgehead atoms. The van der Waals surface area contributed by atoms with Gasteiger partial charge in [0.05, 0.1) is 11.0 Å². The van der Waals surface area contributed by atoms with Crippen LogP contribution in [0.1, 0.15) is 12.5 Å². The Morgan fingerprint density at radius 1 is 1.32 bits per heavy atom. The summed E-state index contributed by atoms with van der Waals surface area (Å²) in [4.78, 5) is 35.7. The normalized spacial score (nSPS) is 14.2. The van der Waals surface area contributed by atoms with Crippen LogP contribution in [0.5, 0.6) is 0 Å². The topological polar surface area (TPSA) is 102 Å². The smallest absolute Gasteiger partial charge is 0.296 e. The van der Waals surface area contributed by atoms with Gasteiger partial charge < -0.3 is 11.1 Å². The third kappa shape index (κ3) is 2.57. The highest BCUT2D eigenvalue weighted by Gasteiger charge is 2.19. The summed E-state index contributed by atoms with van der Waals surface area (Å²) in [7, 11) is 0. The fourth-order valence-corrected chi connectivity index (χ4v) is 1.74. The summed E-state index contributed by atoms with van der Waals surface area (Å²) < 4.78 is 0. The highest BCUT2D eigenvalue weighted by Crippen LogP contribution is 2.13. The quantitative estimate of drug-likeness (QED) is 0.588. The summed E-state index contributed by atoms with van der Waals surface area (Å²) in [5.74, 6) is -1.43. The Balaban J connectivity index is 0.000000297. The molecule has 2 aliphatic heterocycles. The van der Waals surface area contributed by atoms with Crippen molar-refractivity contribution in [2.24, 2.45) is 10.7 Å². The van der Waals surface area contributed by atoms with Gasteiger partial charge in [0.2, 0.25) is 11.7 Å². The van der Waals surface area contributed by atoms with Gasteiger partial charge in [-0.3, -0.25) is 19.4 Å². The molecule has 2 aliphatic rings. The van der Waals surface area contributed by atoms with Crippen LogP contribution in [-0.2, 0) is 14.4 Å². The Morgan fingerprint density at radius 3 is 2.68 bits per heavy atom. The van der Waals surface area contributed by atoms with E-state index in [1.165, 1.54) is 13.0 Å². The summed E-state index contributed by atoms with van der Waals surface area (Å²) >= 11 is 0. The molecule has 0 radical (unpaired) electrons. The van der Waals surface area contributed by atoms with Crippen LogP contribution in [0.25, 0.3) is 12.2 Å². The lowest BCUT2D eigenvalue weighted by atomic mass is 10.1. The van der Waals surface area contributed by atoms with Gasteiger partial charge in [0.15, 0.2) is 0 Å². The zero-order valence-corrected chi connectivity index (χ0v) is 10.1. The van der Waals surface area contributed by atoms with Crippen molar-refractivity contribution in [3.63, 3.8) is 0 Å². The number of rotatable bonds is 0. The molecule has 1 aromatic rings. The molecule has 0 saturated carbocycles. The van der Waals surface area contributed by atoms with Crippen LogP contribution in [-0.4, -0.2) is 17.6 Å². The zero-order valence-electron chi connectivity index (χ0n) is 10.1. The Morgan fingerprint density at radius 2 is 2.00 bits per heavy atom. The molecule has 0 spiro atoms. The van der Waals surface area contributed by atoms with E-state index in [1.54, 1.807) is 12.3 Å². The number of nitrogens with zero attached hydrogens (tertiary/aromatic N) is 1. The van der Waals surface area contributed by atoms with Crippen LogP contribution in [0.4, 0.5) is 5.69 Å². The second-order valence-electron chi connectivity index (χ2n) is 3.98. The molecule has 0 atom stereocenters. The molecular formula is C13H11N3O3. The van der Waals surface area contributed by atoms with Gasteiger partial charge in [-0.2, -0.15) is 0 Å². The number of nitrogens with two attached hydrogens (primary N) is 1. The maximum Gasteiger partial charge on any atom is 0.296 e. The second-order valence-corrected chi connectivity index (χ2v) is 3.98. The number of hydrogen-bond donors (Lipinski definition) is 2. The first-order valence-electron chi connectivity index (χ1n) is 5.49. The van der Waals surface area contributed by atoms with Crippen molar-refractivity contribution < 1.29 is 14.4 Å². The molecule has 6 nitrogen and oxygen atoms in total. The van der Waals surface area contributed by atoms with Gasteiger partial charge in [-0.15, -0.1) is 0 Å². The number of amides is 2. The Hall–Kier alpha value is -2.76. The van der Waals surface area contributed by atoms with Crippen LogP contribution >= 0.6 is 0 Å². The fourth-order valence-electron chi connectivity index (χ4n) is 1.74. The van der Waals surface area contributed by atoms with E-state index < -0.39 is 11.7 Å². The molecule has 2 heterocycles. The van der Waals surface area contributed by atoms with Crippen molar-refractivity contribution in [3.05, 3.63) is 34.5 Å². The van der Waals surface area contributed by atoms with E-state index in [9.17, 15) is 14.4 Å². The number of carbonyl (C=O) groups excluding carboxylic acids is 3. The summed E-state index contributed by atoms with van der Waals surface area (Å²) in [5.41, 5.74) is 6.01. The van der Waals surface area contributed by atoms with Crippen LogP contribution < -0.4 is 21.6 Å². The molecule has 3 rings (SSSR count). The molecule has 2 amide bonds. The second kappa shape index (κ2) is 4.85. The van der Waals surface area contributed by atoms with E-state index in [0.29, 0.717) is 5.69 Å². The van der Waals surface area contributed by atoms with Crippen molar-refractivity contribution in [2.75, 3.05) is 5.32 Å². The molecule has 0 saturated heterocycles. The van der Waals surface area contributed by atoms with Gasteiger partial charge in [0.25, 0.3) is 5.91 Å². The molecule has 1 aromatic carbocycles. The first-order chi connectivity index (χ1) is 8.99. The van der Waals surface area contributed by atoms with Crippen LogP contribution in [0.2, 0.25) is 0 Å². The number of fused-ring (bicyclic) bond motifs is 3. The lowest BCUT2D eigenvalue weighted by molar-refractivity contribution is -0.131. The predicted octanol–water partition coefficient (Wildman–Crippen LogP) is -0.916. The minimum Gasteiger partial charge on any atom is -0.370 e. The minimum atomic E-state index is -0.587. The van der Waals surface area contributed by atoms with E-state index in [1.807, 2.05) is 12.1 Å². The molecular weight excluding hydrogens is 246 g/mol. The van der Waals surface area contributed by atoms with Crippen LogP contribution in [0.3, 0.4) is 0 Å². The Labute approximate surface area is 108 Å². The first-order valence-corrected chi connectivity index (χ1v) is 5.49. The third-order valence-electron chi connectivity index (χ3n) is 2.46. The lowest BCUT2D eigenvalue weighted by Gasteiger charge is -2.11. The number of ketones is 1. The zero-order chi connectivity index (χ0) is 14.0. The highest BCUT2D eigenvalue weighted by atomic mass is 16.2. The van der Waals surface area contributed by atoms with Gasteiger partial charge >= 0.3 is 0 Å². The van der Waals surface area contributed by atoms with Gasteiger partial charge in [-0.05, 0) is 12.1 Å². The number of primary amides is 1. The molecule has 3 N–H and O–H groups in total. The SMILES string of the molecule is CC(N)=O.O=C1C=c2ccc3c(c2NC1=O)C=CN=3. The number of hydrogen-bond acceptors (Lipinski definition) is 4. The Bertz CT molecular complexity index is 728. The highest BCUT2D eigenvalue weighted by molar-refractivity contribution is 6.52. The minimum absolute atomic E-state index is 0.333. The molecule has 6 heteroatoms. The van der Waals surface area contributed by atoms with Gasteiger partial charge in [-0.25, -0.2) is 0 Å². The van der Waals surface area contributed by atoms with Crippen molar-refractivity contribution >= 4 is 35.4 Å². The van der Waals surface area contributed by atoms with E-state index in [0.717, 1.165) is 16.1 Å². The van der Waals surface area contributed by atoms with Crippen molar-refractivity contribution in [1.82, 2.24) is 0 Å². The molecule has 19 heavy (non-hydrogen) atoms. The summed E-state index contributed by atoms with van der Waals surface area (Å²) in [6, 6.07) is 3.61. The van der Waals surface area contributed by atoms with E-state index in [4.69, 9.17) is 0 Å². The third-order valence-corrected chi connectivity index (χ3v) is 2.46. The Kier molecular flexibility index (Phi) is 3.24. The molecule has 0 unspecified atom stereocenters. The van der Waals surface area contributed by atoms with E-state index >= 15 is 0 Å². The fraction of sp³-hybridized carbons (Fsp3) is 0.0769. The van der Waals surface area contributed by atoms with Gasteiger partial charge in [0.1, 0.15) is 0 Å². The molecule has 0 aromatic heterocycles. The van der Waals surface area contributed by atoms with Crippen molar-refractivity contribution in [3.8, 4) is 0 Å². The van der Waals surface area contributed by atoms with Crippen LogP contribution in [0.15, 0.2) is 23.3 Å². The summed E-state index contributed by atoms with van der Waals surface area (Å²) in [6.07, 6.45) is 4.84. The van der Waals surface area contributed by atoms with E-state index in [2.05, 4.69) is 16.0 Å². The lowest BCUT2D eigenvalue weighted by Crippen LogP contribution is -2.33. The average Bonchev–Trinajstić information content (AvgIpc) is 2.78. The van der Waals surface area contributed by atoms with Gasteiger partial charge in [0, 0.05) is 30.0 Å². The first kappa shape index (κ1) is 12.7. The summed E-state index contributed by atoms with van der Waals surface area (Å²) in [6.45, 7) is 1.31. The van der Waals surface area contributed by atoms with Crippen molar-refractivity contribution in [1.29, 1.82) is 0 Å². The number of carbonyl (C=O) groups is 3. The van der Waals surface area contributed by atoms with E-state index in [-0.39, 0.29) is 5.91 Å². The number of Topliss-reactive ketones (excluding diaryl/α,β-unsaturated/α-hetero) is 1. The molecule has 0 aliphatic carbocycles. The van der Waals surface area contributed by atoms with Crippen LogP contribution in [0, 0.1) is 0 Å². The summed E-state index contributed by atoms with van der Waals surface area (Å²) in [5, 5.41) is 4.13. The van der Waals surface area contributed by atoms with Gasteiger partial charge in [-0.1, -0.05) is 6.07 Å². The number of anilines is 1. The largest absolute Gasteiger partial charge is 0.370 e. The van der Waals surface area contributed by atoms with Crippen molar-refractivity contribution in [2.45, 2.75) is 6.92 Å². The average molecular weight is 257 g/mol. The standard InChI is InChI=1S/C11H6N2O2.C2H5NO/c14-9-5-6-1-2-8-7(3-4-12-8)10(6)13-11(9)15;1-2(3)4/h1-5H,(H,13,15);1H3,(H2,3,4). The molecule has 96 valence electrons. The maximum atomic E-state index is 11.2. The number of benzene rings is 1. The number of nitrogens with one attached hydrogen (secondary N) is 1. The monoisotopic (exact) mass is 257 g/mol. The predicted molar refractivity (Wildman–Crippen MR) is 69.2 cm³/mol.